The molecule has 2 aromatic carbocycles. The number of ketones is 1. The van der Waals surface area contributed by atoms with Crippen molar-refractivity contribution in [2.45, 2.75) is 12.0 Å². The smallest absolute Gasteiger partial charge is 0.411 e. The molecule has 0 saturated heterocycles. The molecule has 1 atom stereocenters. The Morgan fingerprint density at radius 2 is 1.58 bits per heavy atom. The predicted molar refractivity (Wildman–Crippen MR) is 89.4 cm³/mol. The van der Waals surface area contributed by atoms with Gasteiger partial charge in [0.05, 0.1) is 0 Å². The van der Waals surface area contributed by atoms with Crippen LogP contribution in [-0.2, 0) is 11.2 Å². The summed E-state index contributed by atoms with van der Waals surface area (Å²) >= 11 is 0. The van der Waals surface area contributed by atoms with Crippen LogP contribution in [0.15, 0.2) is 60.7 Å². The Morgan fingerprint density at radius 3 is 2.08 bits per heavy atom. The van der Waals surface area contributed by atoms with Gasteiger partial charge >= 0.3 is 6.09 Å². The van der Waals surface area contributed by atoms with Crippen molar-refractivity contribution in [3.8, 4) is 6.07 Å². The average Bonchev–Trinajstić information content (AvgIpc) is 2.62. The minimum absolute atomic E-state index is 0.0162. The fraction of sp³-hybridized carbons (Fsp3) is 0.211. The van der Waals surface area contributed by atoms with Gasteiger partial charge < -0.3 is 9.64 Å². The lowest BCUT2D eigenvalue weighted by atomic mass is 9.87. The van der Waals surface area contributed by atoms with Crippen molar-refractivity contribution < 1.29 is 14.3 Å². The highest BCUT2D eigenvalue weighted by Gasteiger charge is 2.44. The molecule has 122 valence electrons. The Bertz CT molecular complexity index is 751. The van der Waals surface area contributed by atoms with E-state index in [0.717, 1.165) is 5.56 Å². The normalized spacial score (nSPS) is 12.5. The molecule has 0 saturated carbocycles. The van der Waals surface area contributed by atoms with E-state index in [9.17, 15) is 14.9 Å². The summed E-state index contributed by atoms with van der Waals surface area (Å²) in [5.74, 6) is -0.537. The van der Waals surface area contributed by atoms with Crippen LogP contribution in [0.5, 0.6) is 0 Å². The molecular formula is C19H18N2O3. The number of nitrogens with zero attached hydrogens (tertiary/aromatic N) is 2. The van der Waals surface area contributed by atoms with E-state index in [-0.39, 0.29) is 6.42 Å². The van der Waals surface area contributed by atoms with Gasteiger partial charge in [-0.05, 0) is 5.56 Å². The van der Waals surface area contributed by atoms with Gasteiger partial charge in [0.2, 0.25) is 5.78 Å². The van der Waals surface area contributed by atoms with E-state index in [1.807, 2.05) is 12.1 Å². The zero-order valence-electron chi connectivity index (χ0n) is 13.6. The van der Waals surface area contributed by atoms with Crippen molar-refractivity contribution in [3.63, 3.8) is 0 Å². The van der Waals surface area contributed by atoms with E-state index in [2.05, 4.69) is 0 Å². The predicted octanol–water partition coefficient (Wildman–Crippen LogP) is 3.07. The molecule has 0 spiro atoms. The third-order valence-electron chi connectivity index (χ3n) is 3.51. The number of hydrogen-bond donors (Lipinski definition) is 0. The molecule has 0 aliphatic heterocycles. The van der Waals surface area contributed by atoms with Crippen LogP contribution in [0.3, 0.4) is 0 Å². The summed E-state index contributed by atoms with van der Waals surface area (Å²) in [6.07, 6.45) is -0.755. The molecule has 0 aliphatic carbocycles. The lowest BCUT2D eigenvalue weighted by Gasteiger charge is -2.27. The Labute approximate surface area is 141 Å². The number of Topliss-reactive ketones (excluding diaryl/α,β-unsaturated/α-hetero) is 1. The summed E-state index contributed by atoms with van der Waals surface area (Å²) in [5, 5.41) is 9.73. The second-order valence-corrected chi connectivity index (χ2v) is 5.56. The van der Waals surface area contributed by atoms with Gasteiger partial charge in [0.25, 0.3) is 5.60 Å². The van der Waals surface area contributed by atoms with E-state index in [1.165, 1.54) is 19.0 Å². The molecule has 5 nitrogen and oxygen atoms in total. The molecule has 0 radical (unpaired) electrons. The maximum Gasteiger partial charge on any atom is 0.411 e. The van der Waals surface area contributed by atoms with E-state index < -0.39 is 17.5 Å². The van der Waals surface area contributed by atoms with Gasteiger partial charge in [-0.1, -0.05) is 60.7 Å². The molecule has 0 aromatic heterocycles. The largest absolute Gasteiger partial charge is 0.419 e. The minimum Gasteiger partial charge on any atom is -0.419 e. The van der Waals surface area contributed by atoms with Gasteiger partial charge in [-0.2, -0.15) is 5.26 Å². The SMILES string of the molecule is CN(C)C(=O)OC(C#N)(Cc1ccccc1)C(=O)c1ccccc1. The van der Waals surface area contributed by atoms with Crippen LogP contribution >= 0.6 is 0 Å². The van der Waals surface area contributed by atoms with Crippen LogP contribution in [0.4, 0.5) is 4.79 Å². The van der Waals surface area contributed by atoms with Crippen molar-refractivity contribution in [3.05, 3.63) is 71.8 Å². The summed E-state index contributed by atoms with van der Waals surface area (Å²) in [4.78, 5) is 26.2. The zero-order valence-corrected chi connectivity index (χ0v) is 13.6. The van der Waals surface area contributed by atoms with Crippen LogP contribution in [0.2, 0.25) is 0 Å². The molecule has 0 aliphatic rings. The van der Waals surface area contributed by atoms with E-state index >= 15 is 0 Å². The molecule has 5 heteroatoms. The third kappa shape index (κ3) is 3.79. The fourth-order valence-corrected chi connectivity index (χ4v) is 2.22. The Hall–Kier alpha value is -3.13. The summed E-state index contributed by atoms with van der Waals surface area (Å²) in [6.45, 7) is 0. The quantitative estimate of drug-likeness (QED) is 0.793. The molecule has 2 aromatic rings. The van der Waals surface area contributed by atoms with Crippen molar-refractivity contribution >= 4 is 11.9 Å². The van der Waals surface area contributed by atoms with Crippen LogP contribution in [0.25, 0.3) is 0 Å². The summed E-state index contributed by atoms with van der Waals surface area (Å²) in [6, 6.07) is 19.3. The second-order valence-electron chi connectivity index (χ2n) is 5.56. The first-order chi connectivity index (χ1) is 11.5. The number of nitriles is 1. The number of carbonyl (C=O) groups excluding carboxylic acids is 2. The van der Waals surface area contributed by atoms with Crippen LogP contribution in [0.1, 0.15) is 15.9 Å². The molecule has 1 unspecified atom stereocenters. The number of carbonyl (C=O) groups is 2. The molecule has 0 fully saturated rings. The molecule has 0 heterocycles. The van der Waals surface area contributed by atoms with Crippen LogP contribution < -0.4 is 0 Å². The summed E-state index contributed by atoms with van der Waals surface area (Å²) < 4.78 is 5.35. The summed E-state index contributed by atoms with van der Waals surface area (Å²) in [5.41, 5.74) is -0.860. The number of ether oxygens (including phenoxy) is 1. The Balaban J connectivity index is 2.44. The standard InChI is InChI=1S/C19H18N2O3/c1-21(2)18(23)24-19(14-20,13-15-9-5-3-6-10-15)17(22)16-11-7-4-8-12-16/h3-12H,13H2,1-2H3. The zero-order chi connectivity index (χ0) is 17.6. The minimum atomic E-state index is -1.91. The molecular weight excluding hydrogens is 304 g/mol. The number of amides is 1. The Morgan fingerprint density at radius 1 is 1.04 bits per heavy atom. The van der Waals surface area contributed by atoms with Gasteiger partial charge in [-0.3, -0.25) is 4.79 Å². The molecule has 1 amide bonds. The molecule has 24 heavy (non-hydrogen) atoms. The average molecular weight is 322 g/mol. The number of rotatable bonds is 5. The van der Waals surface area contributed by atoms with Crippen molar-refractivity contribution in [1.29, 1.82) is 5.26 Å². The summed E-state index contributed by atoms with van der Waals surface area (Å²) in [7, 11) is 3.00. The van der Waals surface area contributed by atoms with Gasteiger partial charge in [0, 0.05) is 26.1 Å². The van der Waals surface area contributed by atoms with Gasteiger partial charge in [-0.25, -0.2) is 4.79 Å². The van der Waals surface area contributed by atoms with E-state index in [0.29, 0.717) is 5.56 Å². The highest BCUT2D eigenvalue weighted by molar-refractivity contribution is 6.05. The first-order valence-electron chi connectivity index (χ1n) is 7.44. The first-order valence-corrected chi connectivity index (χ1v) is 7.44. The fourth-order valence-electron chi connectivity index (χ4n) is 2.22. The highest BCUT2D eigenvalue weighted by atomic mass is 16.6. The van der Waals surface area contributed by atoms with Crippen molar-refractivity contribution in [2.24, 2.45) is 0 Å². The lowest BCUT2D eigenvalue weighted by molar-refractivity contribution is 0.0295. The van der Waals surface area contributed by atoms with Gasteiger partial charge in [-0.15, -0.1) is 0 Å². The monoisotopic (exact) mass is 322 g/mol. The van der Waals surface area contributed by atoms with Gasteiger partial charge in [0.15, 0.2) is 0 Å². The third-order valence-corrected chi connectivity index (χ3v) is 3.51. The van der Waals surface area contributed by atoms with E-state index in [4.69, 9.17) is 4.74 Å². The molecule has 0 N–H and O–H groups in total. The number of hydrogen-bond acceptors (Lipinski definition) is 4. The van der Waals surface area contributed by atoms with Gasteiger partial charge in [0.1, 0.15) is 6.07 Å². The van der Waals surface area contributed by atoms with Crippen molar-refractivity contribution in [2.75, 3.05) is 14.1 Å². The van der Waals surface area contributed by atoms with Crippen LogP contribution in [0, 0.1) is 11.3 Å². The van der Waals surface area contributed by atoms with E-state index in [1.54, 1.807) is 54.6 Å². The first kappa shape index (κ1) is 17.2. The van der Waals surface area contributed by atoms with Crippen molar-refractivity contribution in [1.82, 2.24) is 4.90 Å². The lowest BCUT2D eigenvalue weighted by Crippen LogP contribution is -2.46. The Kier molecular flexibility index (Phi) is 5.33. The molecule has 0 bridgehead atoms. The number of benzene rings is 2. The maximum absolute atomic E-state index is 12.9. The van der Waals surface area contributed by atoms with Crippen LogP contribution in [-0.4, -0.2) is 36.5 Å². The molecule has 2 rings (SSSR count). The second kappa shape index (κ2) is 7.42. The highest BCUT2D eigenvalue weighted by Crippen LogP contribution is 2.24. The maximum atomic E-state index is 12.9. The topological polar surface area (TPSA) is 70.4 Å².